The van der Waals surface area contributed by atoms with Crippen LogP contribution in [-0.2, 0) is 16.0 Å². The summed E-state index contributed by atoms with van der Waals surface area (Å²) in [6.07, 6.45) is 1.00. The summed E-state index contributed by atoms with van der Waals surface area (Å²) in [6, 6.07) is 5.97. The van der Waals surface area contributed by atoms with Gasteiger partial charge in [-0.05, 0) is 43.9 Å². The van der Waals surface area contributed by atoms with Crippen molar-refractivity contribution < 1.29 is 23.8 Å². The van der Waals surface area contributed by atoms with Gasteiger partial charge in [0, 0.05) is 0 Å². The molecule has 0 saturated heterocycles. The smallest absolute Gasteiger partial charge is 0.306 e. The summed E-state index contributed by atoms with van der Waals surface area (Å²) in [5.41, 5.74) is 6.43. The van der Waals surface area contributed by atoms with Crippen LogP contribution in [0.2, 0.25) is 0 Å². The Hall–Kier alpha value is -1.95. The fraction of sp³-hybridized carbons (Fsp3) is 0.467. The van der Waals surface area contributed by atoms with Crippen LogP contribution >= 0.6 is 0 Å². The molecule has 0 bridgehead atoms. The molecule has 2 atom stereocenters. The van der Waals surface area contributed by atoms with E-state index >= 15 is 0 Å². The van der Waals surface area contributed by atoms with Gasteiger partial charge in [0.05, 0.1) is 12.0 Å². The first-order chi connectivity index (χ1) is 9.93. The summed E-state index contributed by atoms with van der Waals surface area (Å²) in [6.45, 7) is 0.490. The molecule has 0 aliphatic heterocycles. The normalized spacial score (nSPS) is 13.5. The molecule has 0 aliphatic carbocycles. The van der Waals surface area contributed by atoms with E-state index in [-0.39, 0.29) is 5.78 Å². The van der Waals surface area contributed by atoms with Crippen molar-refractivity contribution in [3.05, 3.63) is 29.8 Å². The number of hydrogen-bond acceptors (Lipinski definition) is 4. The number of carbonyl (C=O) groups excluding carboxylic acids is 1. The maximum Gasteiger partial charge on any atom is 0.306 e. The van der Waals surface area contributed by atoms with Crippen LogP contribution in [-0.4, -0.2) is 29.8 Å². The predicted octanol–water partition coefficient (Wildman–Crippen LogP) is 1.93. The number of ether oxygens (including phenoxy) is 1. The highest BCUT2D eigenvalue weighted by Crippen LogP contribution is 2.19. The molecule has 0 fully saturated rings. The molecule has 1 aromatic carbocycles. The lowest BCUT2D eigenvalue weighted by atomic mass is 9.92. The maximum atomic E-state index is 12.0. The third kappa shape index (κ3) is 5.91. The summed E-state index contributed by atoms with van der Waals surface area (Å²) in [7, 11) is 0. The van der Waals surface area contributed by atoms with E-state index in [1.807, 2.05) is 0 Å². The van der Waals surface area contributed by atoms with E-state index < -0.39 is 24.8 Å². The van der Waals surface area contributed by atoms with Gasteiger partial charge in [0.25, 0.3) is 0 Å². The van der Waals surface area contributed by atoms with Gasteiger partial charge >= 0.3 is 5.97 Å². The highest BCUT2D eigenvalue weighted by molar-refractivity contribution is 5.81. The van der Waals surface area contributed by atoms with Crippen molar-refractivity contribution in [2.24, 2.45) is 11.7 Å². The standard InChI is InChI=1S/C15H20FNO4/c1-10(18)14(17)7-4-12(15(19)20)8-11-2-5-13(6-3-11)21-9-16/h2-3,5-6,12,14H,4,7-9,17H2,1H3,(H,19,20)/t12-,14-/m0/s1. The fourth-order valence-electron chi connectivity index (χ4n) is 1.97. The summed E-state index contributed by atoms with van der Waals surface area (Å²) in [5, 5.41) is 9.22. The van der Waals surface area contributed by atoms with Gasteiger partial charge in [-0.25, -0.2) is 4.39 Å². The summed E-state index contributed by atoms with van der Waals surface area (Å²) in [4.78, 5) is 22.3. The van der Waals surface area contributed by atoms with Crippen LogP contribution in [0, 0.1) is 5.92 Å². The average Bonchev–Trinajstić information content (AvgIpc) is 2.44. The van der Waals surface area contributed by atoms with Crippen molar-refractivity contribution in [3.63, 3.8) is 0 Å². The third-order valence-corrected chi connectivity index (χ3v) is 3.32. The molecule has 5 nitrogen and oxygen atoms in total. The van der Waals surface area contributed by atoms with Gasteiger partial charge in [0.2, 0.25) is 6.86 Å². The minimum Gasteiger partial charge on any atom is -0.481 e. The number of carboxylic acid groups (broad SMARTS) is 1. The van der Waals surface area contributed by atoms with E-state index in [2.05, 4.69) is 4.74 Å². The monoisotopic (exact) mass is 297 g/mol. The molecule has 0 saturated carbocycles. The van der Waals surface area contributed by atoms with Crippen molar-refractivity contribution in [3.8, 4) is 5.75 Å². The van der Waals surface area contributed by atoms with E-state index in [4.69, 9.17) is 5.73 Å². The molecule has 116 valence electrons. The van der Waals surface area contributed by atoms with E-state index in [1.54, 1.807) is 24.3 Å². The average molecular weight is 297 g/mol. The van der Waals surface area contributed by atoms with Crippen LogP contribution in [0.15, 0.2) is 24.3 Å². The number of ketones is 1. The molecule has 0 radical (unpaired) electrons. The maximum absolute atomic E-state index is 12.0. The van der Waals surface area contributed by atoms with Crippen molar-refractivity contribution in [1.29, 1.82) is 0 Å². The highest BCUT2D eigenvalue weighted by atomic mass is 19.1. The number of hydrogen-bond donors (Lipinski definition) is 2. The lowest BCUT2D eigenvalue weighted by molar-refractivity contribution is -0.142. The Morgan fingerprint density at radius 2 is 1.90 bits per heavy atom. The Kier molecular flexibility index (Phi) is 6.81. The Morgan fingerprint density at radius 1 is 1.29 bits per heavy atom. The van der Waals surface area contributed by atoms with Crippen molar-refractivity contribution >= 4 is 11.8 Å². The number of Topliss-reactive ketones (excluding diaryl/α,β-unsaturated/α-hetero) is 1. The largest absolute Gasteiger partial charge is 0.481 e. The minimum atomic E-state index is -0.921. The molecule has 0 heterocycles. The lowest BCUT2D eigenvalue weighted by Crippen LogP contribution is -2.30. The van der Waals surface area contributed by atoms with E-state index in [1.165, 1.54) is 6.92 Å². The van der Waals surface area contributed by atoms with Crippen molar-refractivity contribution in [1.82, 2.24) is 0 Å². The van der Waals surface area contributed by atoms with Crippen molar-refractivity contribution in [2.75, 3.05) is 6.86 Å². The van der Waals surface area contributed by atoms with Crippen LogP contribution in [0.4, 0.5) is 4.39 Å². The molecule has 1 rings (SSSR count). The number of benzene rings is 1. The molecule has 21 heavy (non-hydrogen) atoms. The quantitative estimate of drug-likeness (QED) is 0.727. The number of halogens is 1. The highest BCUT2D eigenvalue weighted by Gasteiger charge is 2.20. The molecule has 3 N–H and O–H groups in total. The topological polar surface area (TPSA) is 89.6 Å². The number of nitrogens with two attached hydrogens (primary N) is 1. The number of aliphatic carboxylic acids is 1. The van der Waals surface area contributed by atoms with Crippen LogP contribution < -0.4 is 10.5 Å². The molecule has 0 aromatic heterocycles. The van der Waals surface area contributed by atoms with E-state index in [0.717, 1.165) is 5.56 Å². The molecule has 0 spiro atoms. The molecule has 6 heteroatoms. The number of carboxylic acids is 1. The predicted molar refractivity (Wildman–Crippen MR) is 75.8 cm³/mol. The Morgan fingerprint density at radius 3 is 2.38 bits per heavy atom. The van der Waals surface area contributed by atoms with Crippen LogP contribution in [0.25, 0.3) is 0 Å². The van der Waals surface area contributed by atoms with Crippen LogP contribution in [0.5, 0.6) is 5.75 Å². The van der Waals surface area contributed by atoms with Gasteiger partial charge in [-0.15, -0.1) is 0 Å². The first kappa shape index (κ1) is 17.1. The Balaban J connectivity index is 2.61. The van der Waals surface area contributed by atoms with Gasteiger partial charge in [-0.1, -0.05) is 12.1 Å². The molecule has 0 unspecified atom stereocenters. The Bertz CT molecular complexity index is 475. The zero-order valence-electron chi connectivity index (χ0n) is 11.9. The first-order valence-electron chi connectivity index (χ1n) is 6.70. The number of carbonyl (C=O) groups is 2. The minimum absolute atomic E-state index is 0.146. The molecule has 0 amide bonds. The second-order valence-corrected chi connectivity index (χ2v) is 4.93. The van der Waals surface area contributed by atoms with E-state index in [0.29, 0.717) is 25.0 Å². The number of rotatable bonds is 9. The third-order valence-electron chi connectivity index (χ3n) is 3.32. The number of alkyl halides is 1. The fourth-order valence-corrected chi connectivity index (χ4v) is 1.97. The Labute approximate surface area is 122 Å². The first-order valence-corrected chi connectivity index (χ1v) is 6.70. The van der Waals surface area contributed by atoms with Crippen LogP contribution in [0.1, 0.15) is 25.3 Å². The molecular formula is C15H20FNO4. The zero-order chi connectivity index (χ0) is 15.8. The second kappa shape index (κ2) is 8.36. The van der Waals surface area contributed by atoms with Gasteiger partial charge < -0.3 is 15.6 Å². The molecule has 0 aliphatic rings. The molecular weight excluding hydrogens is 277 g/mol. The van der Waals surface area contributed by atoms with Crippen LogP contribution in [0.3, 0.4) is 0 Å². The van der Waals surface area contributed by atoms with Gasteiger partial charge in [-0.2, -0.15) is 0 Å². The summed E-state index contributed by atoms with van der Waals surface area (Å²) < 4.78 is 16.7. The lowest BCUT2D eigenvalue weighted by Gasteiger charge is -2.14. The second-order valence-electron chi connectivity index (χ2n) is 4.93. The SMILES string of the molecule is CC(=O)[C@@H](N)CC[C@@H](Cc1ccc(OCF)cc1)C(=O)O. The summed E-state index contributed by atoms with van der Waals surface area (Å²) >= 11 is 0. The molecule has 1 aromatic rings. The zero-order valence-corrected chi connectivity index (χ0v) is 11.9. The summed E-state index contributed by atoms with van der Waals surface area (Å²) in [5.74, 6) is -1.28. The van der Waals surface area contributed by atoms with E-state index in [9.17, 15) is 19.1 Å². The van der Waals surface area contributed by atoms with Gasteiger partial charge in [0.1, 0.15) is 11.5 Å². The van der Waals surface area contributed by atoms with Crippen molar-refractivity contribution in [2.45, 2.75) is 32.2 Å². The van der Waals surface area contributed by atoms with Gasteiger partial charge in [-0.3, -0.25) is 9.59 Å². The van der Waals surface area contributed by atoms with Gasteiger partial charge in [0.15, 0.2) is 0 Å².